The number of hydrogen-bond acceptors (Lipinski definition) is 5. The van der Waals surface area contributed by atoms with Gasteiger partial charge in [0.15, 0.2) is 0 Å². The van der Waals surface area contributed by atoms with Crippen LogP contribution in [0.1, 0.15) is 35.0 Å². The highest BCUT2D eigenvalue weighted by Gasteiger charge is 2.40. The number of hydrogen-bond donors (Lipinski definition) is 1. The summed E-state index contributed by atoms with van der Waals surface area (Å²) in [6, 6.07) is 5.64. The van der Waals surface area contributed by atoms with E-state index in [1.807, 2.05) is 12.2 Å². The van der Waals surface area contributed by atoms with Crippen LogP contribution in [0.5, 0.6) is 5.75 Å². The number of carbonyl (C=O) groups excluding carboxylic acids is 1. The summed E-state index contributed by atoms with van der Waals surface area (Å²) in [5.41, 5.74) is 0.533. The van der Waals surface area contributed by atoms with Crippen molar-refractivity contribution in [2.75, 3.05) is 7.11 Å². The second-order valence-corrected chi connectivity index (χ2v) is 6.49. The smallest absolute Gasteiger partial charge is 0.471 e. The van der Waals surface area contributed by atoms with Crippen LogP contribution in [0.25, 0.3) is 0 Å². The Bertz CT molecular complexity index is 701. The van der Waals surface area contributed by atoms with Crippen LogP contribution < -0.4 is 10.1 Å². The Morgan fingerprint density at radius 1 is 1.24 bits per heavy atom. The van der Waals surface area contributed by atoms with Gasteiger partial charge in [0.1, 0.15) is 15.8 Å². The molecule has 1 atom stereocenters. The molecule has 136 valence electrons. The molecule has 0 fully saturated rings. The zero-order valence-corrected chi connectivity index (χ0v) is 14.6. The number of rotatable bonds is 7. The van der Waals surface area contributed by atoms with E-state index in [2.05, 4.69) is 10.2 Å². The zero-order valence-electron chi connectivity index (χ0n) is 13.8. The maximum atomic E-state index is 12.6. The molecule has 1 aromatic heterocycles. The van der Waals surface area contributed by atoms with Crippen LogP contribution in [0.15, 0.2) is 24.3 Å². The first kappa shape index (κ1) is 19.2. The molecule has 1 amide bonds. The van der Waals surface area contributed by atoms with Gasteiger partial charge in [0.25, 0.3) is 0 Å². The molecule has 0 saturated heterocycles. The van der Waals surface area contributed by atoms with E-state index in [1.165, 1.54) is 18.4 Å². The molecule has 5 nitrogen and oxygen atoms in total. The van der Waals surface area contributed by atoms with Gasteiger partial charge >= 0.3 is 12.1 Å². The predicted molar refractivity (Wildman–Crippen MR) is 87.5 cm³/mol. The highest BCUT2D eigenvalue weighted by Crippen LogP contribution is 2.25. The molecule has 0 unspecified atom stereocenters. The summed E-state index contributed by atoms with van der Waals surface area (Å²) in [5, 5.41) is 11.5. The first-order valence-corrected chi connectivity index (χ1v) is 8.48. The van der Waals surface area contributed by atoms with Crippen molar-refractivity contribution < 1.29 is 22.7 Å². The molecule has 0 spiro atoms. The maximum Gasteiger partial charge on any atom is 0.471 e. The van der Waals surface area contributed by atoms with Gasteiger partial charge < -0.3 is 10.1 Å². The lowest BCUT2D eigenvalue weighted by Crippen LogP contribution is -2.39. The van der Waals surface area contributed by atoms with Gasteiger partial charge in [0.05, 0.1) is 13.2 Å². The second kappa shape index (κ2) is 8.28. The van der Waals surface area contributed by atoms with Gasteiger partial charge in [-0.2, -0.15) is 13.2 Å². The lowest BCUT2D eigenvalue weighted by atomic mass is 10.0. The third-order valence-corrected chi connectivity index (χ3v) is 4.44. The molecule has 0 aliphatic rings. The van der Waals surface area contributed by atoms with Crippen LogP contribution in [-0.4, -0.2) is 29.4 Å². The van der Waals surface area contributed by atoms with Gasteiger partial charge in [-0.3, -0.25) is 4.79 Å². The number of nitrogens with zero attached hydrogens (tertiary/aromatic N) is 2. The number of benzene rings is 1. The van der Waals surface area contributed by atoms with Gasteiger partial charge in [0.2, 0.25) is 0 Å². The number of alkyl halides is 3. The monoisotopic (exact) mass is 373 g/mol. The second-order valence-electron chi connectivity index (χ2n) is 5.34. The van der Waals surface area contributed by atoms with E-state index in [-0.39, 0.29) is 6.42 Å². The molecule has 9 heteroatoms. The van der Waals surface area contributed by atoms with Crippen LogP contribution in [0.3, 0.4) is 0 Å². The van der Waals surface area contributed by atoms with Crippen LogP contribution in [-0.2, 0) is 17.6 Å². The summed E-state index contributed by atoms with van der Waals surface area (Å²) >= 11 is 1.34. The lowest BCUT2D eigenvalue weighted by Gasteiger charge is -2.19. The number of methoxy groups -OCH3 is 1. The average molecular weight is 373 g/mol. The highest BCUT2D eigenvalue weighted by atomic mass is 32.1. The predicted octanol–water partition coefficient (Wildman–Crippen LogP) is 3.46. The van der Waals surface area contributed by atoms with Crippen molar-refractivity contribution in [2.45, 2.75) is 38.4 Å². The summed E-state index contributed by atoms with van der Waals surface area (Å²) in [4.78, 5) is 11.4. The van der Waals surface area contributed by atoms with Crippen molar-refractivity contribution in [3.8, 4) is 5.75 Å². The first-order valence-electron chi connectivity index (χ1n) is 7.66. The largest absolute Gasteiger partial charge is 0.497 e. The van der Waals surface area contributed by atoms with E-state index < -0.39 is 18.1 Å². The number of aromatic nitrogens is 2. The number of nitrogens with one attached hydrogen (secondary N) is 1. The van der Waals surface area contributed by atoms with Crippen molar-refractivity contribution in [1.82, 2.24) is 15.5 Å². The fraction of sp³-hybridized carbons (Fsp3) is 0.438. The Hall–Kier alpha value is -2.16. The molecule has 0 aliphatic carbocycles. The minimum Gasteiger partial charge on any atom is -0.497 e. The summed E-state index contributed by atoms with van der Waals surface area (Å²) in [7, 11) is 1.49. The van der Waals surface area contributed by atoms with Gasteiger partial charge in [-0.25, -0.2) is 0 Å². The van der Waals surface area contributed by atoms with E-state index in [4.69, 9.17) is 4.74 Å². The molecule has 0 saturated carbocycles. The zero-order chi connectivity index (χ0) is 18.4. The topological polar surface area (TPSA) is 64.1 Å². The fourth-order valence-electron chi connectivity index (χ4n) is 2.19. The Labute approximate surface area is 147 Å². The molecule has 0 aliphatic heterocycles. The minimum atomic E-state index is -4.95. The maximum absolute atomic E-state index is 12.6. The van der Waals surface area contributed by atoms with Crippen molar-refractivity contribution in [1.29, 1.82) is 0 Å². The molecule has 0 radical (unpaired) electrons. The molecule has 1 N–H and O–H groups in total. The molecule has 25 heavy (non-hydrogen) atoms. The Balaban J connectivity index is 2.22. The number of ether oxygens (including phenoxy) is 1. The molecule has 1 aromatic carbocycles. The number of halogens is 3. The van der Waals surface area contributed by atoms with Crippen LogP contribution >= 0.6 is 11.3 Å². The number of carbonyl (C=O) groups is 1. The quantitative estimate of drug-likeness (QED) is 0.807. The van der Waals surface area contributed by atoms with E-state index >= 15 is 0 Å². The van der Waals surface area contributed by atoms with E-state index in [1.54, 1.807) is 24.3 Å². The normalized spacial score (nSPS) is 12.7. The van der Waals surface area contributed by atoms with Gasteiger partial charge in [-0.05, 0) is 24.1 Å². The van der Waals surface area contributed by atoms with Crippen molar-refractivity contribution in [3.63, 3.8) is 0 Å². The van der Waals surface area contributed by atoms with Crippen molar-refractivity contribution in [3.05, 3.63) is 39.8 Å². The summed E-state index contributed by atoms with van der Waals surface area (Å²) in [5.74, 6) is -1.41. The molecule has 1 heterocycles. The standard InChI is InChI=1S/C16H18F3N3O2S/c1-3-4-13-21-22-14(25-13)9-12(20-15(23)16(17,18)19)10-5-7-11(24-2)8-6-10/h5-8,12H,3-4,9H2,1-2H3,(H,20,23)/t12-/m1/s1. The molecular weight excluding hydrogens is 355 g/mol. The highest BCUT2D eigenvalue weighted by molar-refractivity contribution is 7.11. The SMILES string of the molecule is CCCc1nnc(C[C@@H](NC(=O)C(F)(F)F)c2ccc(OC)cc2)s1. The Kier molecular flexibility index (Phi) is 6.35. The Morgan fingerprint density at radius 2 is 1.88 bits per heavy atom. The van der Waals surface area contributed by atoms with E-state index in [9.17, 15) is 18.0 Å². The van der Waals surface area contributed by atoms with Gasteiger partial charge in [-0.15, -0.1) is 21.5 Å². The van der Waals surface area contributed by atoms with Gasteiger partial charge in [-0.1, -0.05) is 19.1 Å². The van der Waals surface area contributed by atoms with Crippen LogP contribution in [0.2, 0.25) is 0 Å². The van der Waals surface area contributed by atoms with E-state index in [0.29, 0.717) is 16.3 Å². The lowest BCUT2D eigenvalue weighted by molar-refractivity contribution is -0.174. The molecule has 2 aromatic rings. The average Bonchev–Trinajstić information content (AvgIpc) is 3.01. The fourth-order valence-corrected chi connectivity index (χ4v) is 3.18. The summed E-state index contributed by atoms with van der Waals surface area (Å²) < 4.78 is 42.9. The molecule has 2 rings (SSSR count). The number of amides is 1. The third-order valence-electron chi connectivity index (χ3n) is 3.43. The van der Waals surface area contributed by atoms with Crippen molar-refractivity contribution >= 4 is 17.2 Å². The van der Waals surface area contributed by atoms with E-state index in [0.717, 1.165) is 17.8 Å². The molecular formula is C16H18F3N3O2S. The summed E-state index contributed by atoms with van der Waals surface area (Å²) in [6.45, 7) is 2.00. The molecule has 0 bridgehead atoms. The minimum absolute atomic E-state index is 0.134. The Morgan fingerprint density at radius 3 is 2.44 bits per heavy atom. The first-order chi connectivity index (χ1) is 11.8. The third kappa shape index (κ3) is 5.42. The summed E-state index contributed by atoms with van der Waals surface area (Å²) in [6.07, 6.45) is -3.14. The van der Waals surface area contributed by atoms with Crippen LogP contribution in [0, 0.1) is 0 Å². The number of aryl methyl sites for hydroxylation is 1. The van der Waals surface area contributed by atoms with Gasteiger partial charge in [0, 0.05) is 12.8 Å². The van der Waals surface area contributed by atoms with Crippen LogP contribution in [0.4, 0.5) is 13.2 Å². The van der Waals surface area contributed by atoms with Crippen molar-refractivity contribution in [2.24, 2.45) is 0 Å².